The fourth-order valence-electron chi connectivity index (χ4n) is 2.08. The second kappa shape index (κ2) is 6.09. The molecule has 0 fully saturated rings. The summed E-state index contributed by atoms with van der Waals surface area (Å²) in [4.78, 5) is 12.2. The number of carbonyl (C=O) groups is 1. The Morgan fingerprint density at radius 1 is 1.15 bits per heavy atom. The highest BCUT2D eigenvalue weighted by Crippen LogP contribution is 2.31. The number of hydrogen-bond acceptors (Lipinski definition) is 3. The summed E-state index contributed by atoms with van der Waals surface area (Å²) < 4.78 is 5.12. The van der Waals surface area contributed by atoms with E-state index < -0.39 is 5.41 Å². The number of rotatable bonds is 4. The van der Waals surface area contributed by atoms with Gasteiger partial charge < -0.3 is 4.74 Å². The molecule has 3 nitrogen and oxygen atoms in total. The maximum Gasteiger partial charge on any atom is 0.317 e. The van der Waals surface area contributed by atoms with E-state index in [-0.39, 0.29) is 17.8 Å². The molecule has 0 N–H and O–H groups in total. The lowest BCUT2D eigenvalue weighted by atomic mass is 9.78. The molecule has 0 aliphatic rings. The Hall–Kier alpha value is -1.82. The second-order valence-electron chi connectivity index (χ2n) is 6.21. The van der Waals surface area contributed by atoms with Gasteiger partial charge in [0, 0.05) is 0 Å². The normalized spacial score (nSPS) is 14.2. The van der Waals surface area contributed by atoms with Crippen molar-refractivity contribution in [1.82, 2.24) is 0 Å². The first kappa shape index (κ1) is 16.2. The van der Waals surface area contributed by atoms with E-state index in [1.807, 2.05) is 24.3 Å². The quantitative estimate of drug-likeness (QED) is 0.786. The van der Waals surface area contributed by atoms with Crippen molar-refractivity contribution in [3.63, 3.8) is 0 Å². The SMILES string of the molecule is CCOC(=O)C(C)(CC#N)c1ccc(C(C)(C)C)cc1. The van der Waals surface area contributed by atoms with Gasteiger partial charge in [-0.2, -0.15) is 5.26 Å². The van der Waals surface area contributed by atoms with Crippen LogP contribution in [0.2, 0.25) is 0 Å². The highest BCUT2D eigenvalue weighted by atomic mass is 16.5. The van der Waals surface area contributed by atoms with Crippen molar-refractivity contribution in [1.29, 1.82) is 5.26 Å². The van der Waals surface area contributed by atoms with Crippen LogP contribution in [0.25, 0.3) is 0 Å². The van der Waals surface area contributed by atoms with Crippen LogP contribution in [0.1, 0.15) is 52.2 Å². The molecule has 0 spiro atoms. The molecule has 1 unspecified atom stereocenters. The van der Waals surface area contributed by atoms with Gasteiger partial charge in [0.2, 0.25) is 0 Å². The molecule has 0 aliphatic heterocycles. The van der Waals surface area contributed by atoms with Crippen LogP contribution in [0, 0.1) is 11.3 Å². The molecule has 108 valence electrons. The van der Waals surface area contributed by atoms with Gasteiger partial charge in [0.1, 0.15) is 5.41 Å². The van der Waals surface area contributed by atoms with E-state index in [1.54, 1.807) is 13.8 Å². The molecule has 1 rings (SSSR count). The first-order valence-corrected chi connectivity index (χ1v) is 6.91. The molecular weight excluding hydrogens is 250 g/mol. The number of nitriles is 1. The zero-order valence-corrected chi connectivity index (χ0v) is 13.0. The summed E-state index contributed by atoms with van der Waals surface area (Å²) in [6.07, 6.45) is 0.112. The Labute approximate surface area is 121 Å². The molecule has 1 aromatic rings. The minimum absolute atomic E-state index is 0.0636. The van der Waals surface area contributed by atoms with Crippen molar-refractivity contribution in [2.75, 3.05) is 6.61 Å². The summed E-state index contributed by atoms with van der Waals surface area (Å²) in [6, 6.07) is 9.98. The van der Waals surface area contributed by atoms with Gasteiger partial charge >= 0.3 is 5.97 Å². The minimum Gasteiger partial charge on any atom is -0.465 e. The van der Waals surface area contributed by atoms with Crippen LogP contribution < -0.4 is 0 Å². The molecule has 0 saturated heterocycles. The third kappa shape index (κ3) is 3.39. The topological polar surface area (TPSA) is 50.1 Å². The summed E-state index contributed by atoms with van der Waals surface area (Å²) in [5.74, 6) is -0.343. The molecule has 1 aromatic carbocycles. The van der Waals surface area contributed by atoms with Gasteiger partial charge in [0.15, 0.2) is 0 Å². The monoisotopic (exact) mass is 273 g/mol. The van der Waals surface area contributed by atoms with Crippen LogP contribution in [-0.2, 0) is 20.4 Å². The average Bonchev–Trinajstić information content (AvgIpc) is 2.38. The maximum absolute atomic E-state index is 12.2. The third-order valence-electron chi connectivity index (χ3n) is 3.55. The van der Waals surface area contributed by atoms with Crippen LogP contribution in [0.15, 0.2) is 24.3 Å². The molecule has 0 amide bonds. The van der Waals surface area contributed by atoms with Crippen LogP contribution in [0.3, 0.4) is 0 Å². The van der Waals surface area contributed by atoms with Crippen LogP contribution >= 0.6 is 0 Å². The molecule has 0 saturated carbocycles. The maximum atomic E-state index is 12.2. The van der Waals surface area contributed by atoms with E-state index in [0.717, 1.165) is 5.56 Å². The van der Waals surface area contributed by atoms with E-state index in [0.29, 0.717) is 6.61 Å². The van der Waals surface area contributed by atoms with Gasteiger partial charge in [-0.3, -0.25) is 4.79 Å². The third-order valence-corrected chi connectivity index (χ3v) is 3.55. The molecule has 3 heteroatoms. The van der Waals surface area contributed by atoms with Crippen molar-refractivity contribution in [2.24, 2.45) is 0 Å². The van der Waals surface area contributed by atoms with Gasteiger partial charge in [-0.15, -0.1) is 0 Å². The standard InChI is InChI=1S/C17H23NO2/c1-6-20-15(19)17(5,11-12-18)14-9-7-13(8-10-14)16(2,3)4/h7-10H,6,11H2,1-5H3. The smallest absolute Gasteiger partial charge is 0.317 e. The molecule has 1 atom stereocenters. The molecule has 0 aliphatic carbocycles. The van der Waals surface area contributed by atoms with Crippen molar-refractivity contribution in [3.8, 4) is 6.07 Å². The van der Waals surface area contributed by atoms with Crippen LogP contribution in [-0.4, -0.2) is 12.6 Å². The fraction of sp³-hybridized carbons (Fsp3) is 0.529. The Morgan fingerprint density at radius 3 is 2.05 bits per heavy atom. The molecule has 0 aromatic heterocycles. The molecule has 20 heavy (non-hydrogen) atoms. The zero-order chi connectivity index (χ0) is 15.4. The highest BCUT2D eigenvalue weighted by molar-refractivity contribution is 5.83. The van der Waals surface area contributed by atoms with Gasteiger partial charge in [0.25, 0.3) is 0 Å². The van der Waals surface area contributed by atoms with Crippen molar-refractivity contribution < 1.29 is 9.53 Å². The summed E-state index contributed by atoms with van der Waals surface area (Å²) in [5.41, 5.74) is 1.19. The van der Waals surface area contributed by atoms with E-state index >= 15 is 0 Å². The summed E-state index contributed by atoms with van der Waals surface area (Å²) >= 11 is 0. The Morgan fingerprint density at radius 2 is 1.65 bits per heavy atom. The molecule has 0 heterocycles. The number of carbonyl (C=O) groups excluding carboxylic acids is 1. The van der Waals surface area contributed by atoms with Crippen molar-refractivity contribution in [2.45, 2.75) is 51.9 Å². The predicted molar refractivity (Wildman–Crippen MR) is 79.4 cm³/mol. The summed E-state index contributed by atoms with van der Waals surface area (Å²) in [6.45, 7) is 10.3. The van der Waals surface area contributed by atoms with E-state index in [1.165, 1.54) is 5.56 Å². The second-order valence-corrected chi connectivity index (χ2v) is 6.21. The number of hydrogen-bond donors (Lipinski definition) is 0. The number of benzene rings is 1. The Balaban J connectivity index is 3.17. The van der Waals surface area contributed by atoms with Gasteiger partial charge in [-0.05, 0) is 30.4 Å². The van der Waals surface area contributed by atoms with Gasteiger partial charge in [-0.25, -0.2) is 0 Å². The van der Waals surface area contributed by atoms with Crippen molar-refractivity contribution in [3.05, 3.63) is 35.4 Å². The van der Waals surface area contributed by atoms with Crippen LogP contribution in [0.4, 0.5) is 0 Å². The molecule has 0 bridgehead atoms. The summed E-state index contributed by atoms with van der Waals surface area (Å²) in [5, 5.41) is 9.01. The van der Waals surface area contributed by atoms with E-state index in [9.17, 15) is 4.79 Å². The lowest BCUT2D eigenvalue weighted by Gasteiger charge is -2.26. The fourth-order valence-corrected chi connectivity index (χ4v) is 2.08. The number of nitrogens with zero attached hydrogens (tertiary/aromatic N) is 1. The zero-order valence-electron chi connectivity index (χ0n) is 13.0. The number of esters is 1. The lowest BCUT2D eigenvalue weighted by molar-refractivity contribution is -0.149. The van der Waals surface area contributed by atoms with Crippen LogP contribution in [0.5, 0.6) is 0 Å². The first-order valence-electron chi connectivity index (χ1n) is 6.91. The largest absolute Gasteiger partial charge is 0.465 e. The average molecular weight is 273 g/mol. The highest BCUT2D eigenvalue weighted by Gasteiger charge is 2.36. The lowest BCUT2D eigenvalue weighted by Crippen LogP contribution is -2.34. The van der Waals surface area contributed by atoms with E-state index in [2.05, 4.69) is 26.8 Å². The van der Waals surface area contributed by atoms with Crippen molar-refractivity contribution >= 4 is 5.97 Å². The van der Waals surface area contributed by atoms with Gasteiger partial charge in [-0.1, -0.05) is 45.0 Å². The predicted octanol–water partition coefficient (Wildman–Crippen LogP) is 3.72. The minimum atomic E-state index is -0.902. The molecule has 0 radical (unpaired) electrons. The van der Waals surface area contributed by atoms with E-state index in [4.69, 9.17) is 10.00 Å². The first-order chi connectivity index (χ1) is 9.25. The van der Waals surface area contributed by atoms with Gasteiger partial charge in [0.05, 0.1) is 19.1 Å². The Kier molecular flexibility index (Phi) is 4.94. The summed E-state index contributed by atoms with van der Waals surface area (Å²) in [7, 11) is 0. The Bertz CT molecular complexity index is 505. The molecular formula is C17H23NO2. The number of ether oxygens (including phenoxy) is 1.